The number of nitrogens with zero attached hydrogens (tertiary/aromatic N) is 1. The van der Waals surface area contributed by atoms with Crippen LogP contribution < -0.4 is 10.6 Å². The molecule has 0 radical (unpaired) electrons. The Morgan fingerprint density at radius 3 is 2.80 bits per heavy atom. The van der Waals surface area contributed by atoms with E-state index in [-0.39, 0.29) is 18.4 Å². The maximum Gasteiger partial charge on any atom is 0.271 e. The number of thiophene rings is 1. The van der Waals surface area contributed by atoms with Gasteiger partial charge in [0.2, 0.25) is 5.91 Å². The van der Waals surface area contributed by atoms with Gasteiger partial charge in [0.25, 0.3) is 5.91 Å². The molecule has 0 saturated heterocycles. The zero-order chi connectivity index (χ0) is 17.8. The predicted octanol–water partition coefficient (Wildman–Crippen LogP) is 4.31. The molecule has 0 aliphatic heterocycles. The number of aromatic nitrogens is 1. The van der Waals surface area contributed by atoms with Gasteiger partial charge >= 0.3 is 0 Å². The molecule has 3 aromatic rings. The minimum atomic E-state index is -0.360. The Balaban J connectivity index is 1.56. The van der Waals surface area contributed by atoms with Crippen molar-refractivity contribution in [3.63, 3.8) is 0 Å². The van der Waals surface area contributed by atoms with Crippen LogP contribution in [0, 0.1) is 6.92 Å². The van der Waals surface area contributed by atoms with E-state index >= 15 is 0 Å². The number of anilines is 1. The first-order chi connectivity index (χ1) is 12.0. The number of benzene rings is 1. The van der Waals surface area contributed by atoms with Crippen LogP contribution >= 0.6 is 38.6 Å². The molecule has 1 aromatic carbocycles. The fraction of sp³-hybridized carbons (Fsp3) is 0.118. The second-order valence-corrected chi connectivity index (χ2v) is 7.93. The van der Waals surface area contributed by atoms with Crippen molar-refractivity contribution in [3.8, 4) is 9.88 Å². The molecule has 0 saturated carbocycles. The maximum absolute atomic E-state index is 12.1. The number of nitrogens with one attached hydrogen (secondary N) is 2. The Morgan fingerprint density at radius 2 is 2.08 bits per heavy atom. The van der Waals surface area contributed by atoms with Gasteiger partial charge in [-0.25, -0.2) is 4.98 Å². The van der Waals surface area contributed by atoms with Crippen LogP contribution in [0.1, 0.15) is 16.1 Å². The van der Waals surface area contributed by atoms with Crippen molar-refractivity contribution in [1.29, 1.82) is 0 Å². The van der Waals surface area contributed by atoms with Crippen molar-refractivity contribution in [2.24, 2.45) is 0 Å². The third-order valence-electron chi connectivity index (χ3n) is 3.34. The molecule has 128 valence electrons. The largest absolute Gasteiger partial charge is 0.342 e. The smallest absolute Gasteiger partial charge is 0.271 e. The summed E-state index contributed by atoms with van der Waals surface area (Å²) >= 11 is 6.36. The number of halogens is 1. The zero-order valence-electron chi connectivity index (χ0n) is 13.2. The minimum absolute atomic E-state index is 0.111. The normalized spacial score (nSPS) is 10.5. The second kappa shape index (κ2) is 7.90. The van der Waals surface area contributed by atoms with Crippen LogP contribution in [0.2, 0.25) is 0 Å². The summed E-state index contributed by atoms with van der Waals surface area (Å²) in [6.07, 6.45) is 0. The van der Waals surface area contributed by atoms with Crippen molar-refractivity contribution in [2.75, 3.05) is 11.9 Å². The molecule has 5 nitrogen and oxygen atoms in total. The Bertz CT molecular complexity index is 907. The Hall–Kier alpha value is -2.03. The van der Waals surface area contributed by atoms with Crippen LogP contribution in [0.3, 0.4) is 0 Å². The quantitative estimate of drug-likeness (QED) is 0.626. The van der Waals surface area contributed by atoms with Crippen LogP contribution in [0.25, 0.3) is 9.88 Å². The highest BCUT2D eigenvalue weighted by Crippen LogP contribution is 2.27. The van der Waals surface area contributed by atoms with Crippen molar-refractivity contribution < 1.29 is 9.59 Å². The number of rotatable bonds is 5. The van der Waals surface area contributed by atoms with Gasteiger partial charge in [0.15, 0.2) is 0 Å². The summed E-state index contributed by atoms with van der Waals surface area (Å²) < 4.78 is 0.946. The topological polar surface area (TPSA) is 71.1 Å². The molecular formula is C17H14BrN3O2S2. The monoisotopic (exact) mass is 435 g/mol. The SMILES string of the molecule is Cc1cc(Br)ccc1NC(=O)CNC(=O)c1csc(-c2cccs2)n1. The third-order valence-corrected chi connectivity index (χ3v) is 5.72. The van der Waals surface area contributed by atoms with E-state index in [1.807, 2.05) is 42.6 Å². The molecule has 0 atom stereocenters. The van der Waals surface area contributed by atoms with Crippen molar-refractivity contribution in [2.45, 2.75) is 6.92 Å². The van der Waals surface area contributed by atoms with Gasteiger partial charge in [-0.1, -0.05) is 22.0 Å². The molecule has 2 N–H and O–H groups in total. The number of carbonyl (C=O) groups is 2. The van der Waals surface area contributed by atoms with Gasteiger partial charge in [-0.2, -0.15) is 0 Å². The Kier molecular flexibility index (Phi) is 5.62. The molecule has 0 bridgehead atoms. The molecule has 25 heavy (non-hydrogen) atoms. The van der Waals surface area contributed by atoms with E-state index < -0.39 is 0 Å². The molecule has 2 heterocycles. The van der Waals surface area contributed by atoms with E-state index in [1.54, 1.807) is 16.7 Å². The fourth-order valence-corrected chi connectivity index (χ4v) is 4.19. The second-order valence-electron chi connectivity index (χ2n) is 5.21. The molecule has 0 aliphatic rings. The van der Waals surface area contributed by atoms with E-state index in [0.29, 0.717) is 5.69 Å². The first-order valence-corrected chi connectivity index (χ1v) is 9.92. The number of amides is 2. The van der Waals surface area contributed by atoms with Crippen LogP contribution in [0.4, 0.5) is 5.69 Å². The summed E-state index contributed by atoms with van der Waals surface area (Å²) in [5.41, 5.74) is 1.98. The lowest BCUT2D eigenvalue weighted by Crippen LogP contribution is -2.33. The average molecular weight is 436 g/mol. The lowest BCUT2D eigenvalue weighted by atomic mass is 10.2. The number of hydrogen-bond acceptors (Lipinski definition) is 5. The third kappa shape index (κ3) is 4.53. The number of carbonyl (C=O) groups excluding carboxylic acids is 2. The highest BCUT2D eigenvalue weighted by atomic mass is 79.9. The summed E-state index contributed by atoms with van der Waals surface area (Å²) in [6.45, 7) is 1.79. The number of aryl methyl sites for hydroxylation is 1. The zero-order valence-corrected chi connectivity index (χ0v) is 16.4. The molecule has 2 aromatic heterocycles. The maximum atomic E-state index is 12.1. The van der Waals surface area contributed by atoms with Gasteiger partial charge in [-0.05, 0) is 42.1 Å². The first kappa shape index (κ1) is 17.8. The van der Waals surface area contributed by atoms with E-state index in [9.17, 15) is 9.59 Å². The fourth-order valence-electron chi connectivity index (χ4n) is 2.10. The highest BCUT2D eigenvalue weighted by molar-refractivity contribution is 9.10. The van der Waals surface area contributed by atoms with Crippen molar-refractivity contribution in [3.05, 3.63) is 56.8 Å². The predicted molar refractivity (Wildman–Crippen MR) is 105 cm³/mol. The summed E-state index contributed by atoms with van der Waals surface area (Å²) in [5.74, 6) is -0.644. The van der Waals surface area contributed by atoms with Gasteiger partial charge < -0.3 is 10.6 Å². The van der Waals surface area contributed by atoms with Crippen LogP contribution in [0.5, 0.6) is 0 Å². The van der Waals surface area contributed by atoms with Crippen molar-refractivity contribution in [1.82, 2.24) is 10.3 Å². The molecule has 0 spiro atoms. The number of thiazole rings is 1. The molecular weight excluding hydrogens is 422 g/mol. The average Bonchev–Trinajstić information content (AvgIpc) is 3.26. The van der Waals surface area contributed by atoms with Gasteiger partial charge in [0.05, 0.1) is 11.4 Å². The first-order valence-electron chi connectivity index (χ1n) is 7.36. The summed E-state index contributed by atoms with van der Waals surface area (Å²) in [7, 11) is 0. The highest BCUT2D eigenvalue weighted by Gasteiger charge is 2.14. The lowest BCUT2D eigenvalue weighted by molar-refractivity contribution is -0.115. The molecule has 2 amide bonds. The van der Waals surface area contributed by atoms with E-state index in [0.717, 1.165) is 25.6 Å². The van der Waals surface area contributed by atoms with E-state index in [4.69, 9.17) is 0 Å². The number of hydrogen-bond donors (Lipinski definition) is 2. The van der Waals surface area contributed by atoms with Gasteiger partial charge in [0.1, 0.15) is 10.7 Å². The van der Waals surface area contributed by atoms with Crippen molar-refractivity contribution >= 4 is 56.1 Å². The van der Waals surface area contributed by atoms with Crippen LogP contribution in [0.15, 0.2) is 45.6 Å². The van der Waals surface area contributed by atoms with Gasteiger partial charge in [-0.15, -0.1) is 22.7 Å². The lowest BCUT2D eigenvalue weighted by Gasteiger charge is -2.09. The molecule has 0 aliphatic carbocycles. The van der Waals surface area contributed by atoms with Gasteiger partial charge in [0, 0.05) is 15.5 Å². The van der Waals surface area contributed by atoms with Crippen LogP contribution in [-0.4, -0.2) is 23.3 Å². The Morgan fingerprint density at radius 1 is 1.24 bits per heavy atom. The molecule has 8 heteroatoms. The van der Waals surface area contributed by atoms with E-state index in [2.05, 4.69) is 31.5 Å². The van der Waals surface area contributed by atoms with E-state index in [1.165, 1.54) is 11.3 Å². The Labute approximate surface area is 161 Å². The molecule has 0 fully saturated rings. The minimum Gasteiger partial charge on any atom is -0.342 e. The molecule has 0 unspecified atom stereocenters. The molecule has 3 rings (SSSR count). The summed E-state index contributed by atoms with van der Waals surface area (Å²) in [5, 5.41) is 9.84. The van der Waals surface area contributed by atoms with Crippen LogP contribution in [-0.2, 0) is 4.79 Å². The standard InChI is InChI=1S/C17H14BrN3O2S2/c1-10-7-11(18)4-5-12(10)20-15(22)8-19-16(23)13-9-25-17(21-13)14-3-2-6-24-14/h2-7,9H,8H2,1H3,(H,19,23)(H,20,22). The van der Waals surface area contributed by atoms with Gasteiger partial charge in [-0.3, -0.25) is 9.59 Å². The summed E-state index contributed by atoms with van der Waals surface area (Å²) in [6, 6.07) is 9.47. The summed E-state index contributed by atoms with van der Waals surface area (Å²) in [4.78, 5) is 29.5.